The van der Waals surface area contributed by atoms with Crippen molar-refractivity contribution in [3.63, 3.8) is 0 Å². The molecule has 2 rings (SSSR count). The lowest BCUT2D eigenvalue weighted by Gasteiger charge is -2.11. The van der Waals surface area contributed by atoms with Crippen molar-refractivity contribution < 1.29 is 23.1 Å². The number of alkyl halides is 3. The fraction of sp³-hybridized carbons (Fsp3) is 0.133. The van der Waals surface area contributed by atoms with Crippen LogP contribution in [-0.2, 0) is 6.18 Å². The van der Waals surface area contributed by atoms with Gasteiger partial charge in [-0.05, 0) is 47.9 Å². The predicted molar refractivity (Wildman–Crippen MR) is 68.6 cm³/mol. The van der Waals surface area contributed by atoms with Gasteiger partial charge in [0.25, 0.3) is 0 Å². The zero-order valence-corrected chi connectivity index (χ0v) is 10.5. The first-order valence-electron chi connectivity index (χ1n) is 5.80. The molecule has 2 nitrogen and oxygen atoms in total. The number of aryl methyl sites for hydroxylation is 1. The molecule has 5 heteroatoms. The van der Waals surface area contributed by atoms with E-state index in [1.807, 2.05) is 0 Å². The second-order valence-corrected chi connectivity index (χ2v) is 4.41. The van der Waals surface area contributed by atoms with Crippen molar-refractivity contribution in [2.75, 3.05) is 0 Å². The average Bonchev–Trinajstić information content (AvgIpc) is 2.37. The standard InChI is InChI=1S/C15H11F3O2/c1-9-8-12(15(16,17)18)6-7-13(9)10-2-4-11(5-3-10)14(19)20/h2-8H,1H3,(H,19,20). The summed E-state index contributed by atoms with van der Waals surface area (Å²) in [4.78, 5) is 10.7. The van der Waals surface area contributed by atoms with E-state index >= 15 is 0 Å². The van der Waals surface area contributed by atoms with Crippen molar-refractivity contribution in [3.05, 3.63) is 59.2 Å². The summed E-state index contributed by atoms with van der Waals surface area (Å²) in [6.45, 7) is 1.59. The molecule has 0 saturated carbocycles. The minimum atomic E-state index is -4.36. The van der Waals surface area contributed by atoms with Crippen LogP contribution >= 0.6 is 0 Å². The van der Waals surface area contributed by atoms with Crippen molar-refractivity contribution in [1.29, 1.82) is 0 Å². The molecular formula is C15H11F3O2. The lowest BCUT2D eigenvalue weighted by atomic mass is 9.97. The van der Waals surface area contributed by atoms with E-state index in [1.54, 1.807) is 19.1 Å². The molecule has 0 aliphatic carbocycles. The first-order valence-corrected chi connectivity index (χ1v) is 5.80. The molecule has 0 atom stereocenters. The zero-order chi connectivity index (χ0) is 14.9. The lowest BCUT2D eigenvalue weighted by molar-refractivity contribution is -0.137. The maximum atomic E-state index is 12.6. The summed E-state index contributed by atoms with van der Waals surface area (Å²) in [7, 11) is 0. The summed E-state index contributed by atoms with van der Waals surface area (Å²) in [6.07, 6.45) is -4.36. The normalized spacial score (nSPS) is 11.4. The van der Waals surface area contributed by atoms with Gasteiger partial charge in [0.2, 0.25) is 0 Å². The summed E-state index contributed by atoms with van der Waals surface area (Å²) >= 11 is 0. The van der Waals surface area contributed by atoms with Gasteiger partial charge in [0.15, 0.2) is 0 Å². The van der Waals surface area contributed by atoms with Gasteiger partial charge in [-0.15, -0.1) is 0 Å². The Morgan fingerprint density at radius 1 is 1.05 bits per heavy atom. The van der Waals surface area contributed by atoms with Crippen molar-refractivity contribution >= 4 is 5.97 Å². The molecule has 20 heavy (non-hydrogen) atoms. The summed E-state index contributed by atoms with van der Waals surface area (Å²) in [5.74, 6) is -1.04. The highest BCUT2D eigenvalue weighted by Crippen LogP contribution is 2.33. The number of carbonyl (C=O) groups is 1. The molecule has 0 unspecified atom stereocenters. The van der Waals surface area contributed by atoms with Crippen molar-refractivity contribution in [1.82, 2.24) is 0 Å². The number of hydrogen-bond acceptors (Lipinski definition) is 1. The van der Waals surface area contributed by atoms with Gasteiger partial charge in [0.05, 0.1) is 11.1 Å². The van der Waals surface area contributed by atoms with Gasteiger partial charge in [-0.2, -0.15) is 13.2 Å². The third kappa shape index (κ3) is 2.82. The molecule has 1 N–H and O–H groups in total. The minimum Gasteiger partial charge on any atom is -0.478 e. The monoisotopic (exact) mass is 280 g/mol. The molecule has 0 saturated heterocycles. The number of aromatic carboxylic acids is 1. The first kappa shape index (κ1) is 14.1. The van der Waals surface area contributed by atoms with E-state index in [1.165, 1.54) is 18.2 Å². The molecule has 0 aliphatic heterocycles. The Morgan fingerprint density at radius 2 is 1.65 bits per heavy atom. The van der Waals surface area contributed by atoms with Crippen LogP contribution in [-0.4, -0.2) is 11.1 Å². The molecule has 0 aromatic heterocycles. The SMILES string of the molecule is Cc1cc(C(F)(F)F)ccc1-c1ccc(C(=O)O)cc1. The lowest BCUT2D eigenvalue weighted by Crippen LogP contribution is -2.05. The smallest absolute Gasteiger partial charge is 0.416 e. The molecule has 0 aliphatic rings. The Kier molecular flexibility index (Phi) is 3.53. The van der Waals surface area contributed by atoms with Crippen molar-refractivity contribution in [2.24, 2.45) is 0 Å². The van der Waals surface area contributed by atoms with Crippen LogP contribution in [0.2, 0.25) is 0 Å². The third-order valence-corrected chi connectivity index (χ3v) is 3.00. The second-order valence-electron chi connectivity index (χ2n) is 4.41. The minimum absolute atomic E-state index is 0.137. The molecule has 2 aromatic carbocycles. The second kappa shape index (κ2) is 5.00. The van der Waals surface area contributed by atoms with Gasteiger partial charge in [-0.1, -0.05) is 18.2 Å². The van der Waals surface area contributed by atoms with E-state index in [0.29, 0.717) is 16.7 Å². The Morgan fingerprint density at radius 3 is 2.10 bits per heavy atom. The number of carboxylic acid groups (broad SMARTS) is 1. The maximum Gasteiger partial charge on any atom is 0.416 e. The Balaban J connectivity index is 2.41. The molecule has 0 fully saturated rings. The number of halogens is 3. The molecule has 0 spiro atoms. The van der Waals surface area contributed by atoms with Crippen molar-refractivity contribution in [3.8, 4) is 11.1 Å². The highest BCUT2D eigenvalue weighted by Gasteiger charge is 2.30. The number of rotatable bonds is 2. The van der Waals surface area contributed by atoms with E-state index in [4.69, 9.17) is 5.11 Å². The fourth-order valence-corrected chi connectivity index (χ4v) is 1.96. The van der Waals surface area contributed by atoms with E-state index < -0.39 is 17.7 Å². The fourth-order valence-electron chi connectivity index (χ4n) is 1.96. The van der Waals surface area contributed by atoms with Crippen LogP contribution in [0.5, 0.6) is 0 Å². The van der Waals surface area contributed by atoms with E-state index in [-0.39, 0.29) is 5.56 Å². The first-order chi connectivity index (χ1) is 9.29. The highest BCUT2D eigenvalue weighted by atomic mass is 19.4. The molecule has 104 valence electrons. The van der Waals surface area contributed by atoms with E-state index in [9.17, 15) is 18.0 Å². The van der Waals surface area contributed by atoms with E-state index in [0.717, 1.165) is 12.1 Å². The highest BCUT2D eigenvalue weighted by molar-refractivity contribution is 5.88. The molecule has 0 amide bonds. The number of carboxylic acids is 1. The summed E-state index contributed by atoms with van der Waals surface area (Å²) in [5, 5.41) is 8.80. The van der Waals surface area contributed by atoms with Crippen LogP contribution in [0.1, 0.15) is 21.5 Å². The summed E-state index contributed by atoms with van der Waals surface area (Å²) in [6, 6.07) is 9.52. The summed E-state index contributed by atoms with van der Waals surface area (Å²) in [5.41, 5.74) is 1.26. The molecule has 2 aromatic rings. The zero-order valence-electron chi connectivity index (χ0n) is 10.5. The number of benzene rings is 2. The maximum absolute atomic E-state index is 12.6. The van der Waals surface area contributed by atoms with Gasteiger partial charge >= 0.3 is 12.1 Å². The van der Waals surface area contributed by atoms with Crippen LogP contribution in [0.15, 0.2) is 42.5 Å². The average molecular weight is 280 g/mol. The molecule has 0 bridgehead atoms. The van der Waals surface area contributed by atoms with E-state index in [2.05, 4.69) is 0 Å². The van der Waals surface area contributed by atoms with Crippen LogP contribution in [0.3, 0.4) is 0 Å². The topological polar surface area (TPSA) is 37.3 Å². The molecule has 0 radical (unpaired) electrons. The third-order valence-electron chi connectivity index (χ3n) is 3.00. The van der Waals surface area contributed by atoms with Gasteiger partial charge in [-0.25, -0.2) is 4.79 Å². The van der Waals surface area contributed by atoms with Crippen LogP contribution in [0.4, 0.5) is 13.2 Å². The molecule has 0 heterocycles. The Bertz CT molecular complexity index is 643. The largest absolute Gasteiger partial charge is 0.478 e. The van der Waals surface area contributed by atoms with Gasteiger partial charge < -0.3 is 5.11 Å². The summed E-state index contributed by atoms with van der Waals surface area (Å²) < 4.78 is 37.7. The van der Waals surface area contributed by atoms with Gasteiger partial charge in [-0.3, -0.25) is 0 Å². The Labute approximate surface area is 113 Å². The van der Waals surface area contributed by atoms with Crippen LogP contribution < -0.4 is 0 Å². The van der Waals surface area contributed by atoms with Gasteiger partial charge in [0, 0.05) is 0 Å². The van der Waals surface area contributed by atoms with Crippen LogP contribution in [0, 0.1) is 6.92 Å². The van der Waals surface area contributed by atoms with Crippen LogP contribution in [0.25, 0.3) is 11.1 Å². The van der Waals surface area contributed by atoms with Gasteiger partial charge in [0.1, 0.15) is 0 Å². The molecular weight excluding hydrogens is 269 g/mol. The number of hydrogen-bond donors (Lipinski definition) is 1. The predicted octanol–water partition coefficient (Wildman–Crippen LogP) is 4.38. The quantitative estimate of drug-likeness (QED) is 0.886. The Hall–Kier alpha value is -2.30. The van der Waals surface area contributed by atoms with Crippen molar-refractivity contribution in [2.45, 2.75) is 13.1 Å².